The number of fused-ring (bicyclic) bond motifs is 5. The van der Waals surface area contributed by atoms with Crippen LogP contribution in [0.2, 0.25) is 0 Å². The predicted octanol–water partition coefficient (Wildman–Crippen LogP) is 10.0. The fraction of sp³-hybridized carbons (Fsp3) is 0. The summed E-state index contributed by atoms with van der Waals surface area (Å²) in [6.07, 6.45) is 0. The average molecular weight is 665 g/mol. The molecule has 51 heavy (non-hydrogen) atoms. The largest absolute Gasteiger partial charge is 0.247 e. The number of nitriles is 3. The molecule has 0 aliphatic rings. The van der Waals surface area contributed by atoms with E-state index in [2.05, 4.69) is 18.2 Å². The number of aromatic nitrogens is 3. The Labute approximate surface area is 288 Å². The molecular weight excluding hydrogens is 645 g/mol. The molecule has 238 valence electrons. The van der Waals surface area contributed by atoms with Crippen molar-refractivity contribution in [1.29, 1.82) is 15.8 Å². The van der Waals surface area contributed by atoms with E-state index in [0.717, 1.165) is 17.5 Å². The van der Waals surface area contributed by atoms with Gasteiger partial charge >= 0.3 is 0 Å². The van der Waals surface area contributed by atoms with E-state index in [1.165, 1.54) is 0 Å². The average Bonchev–Trinajstić information content (AvgIpc) is 3.18. The highest BCUT2D eigenvalue weighted by molar-refractivity contribution is 6.22. The number of halogens is 3. The van der Waals surface area contributed by atoms with Gasteiger partial charge in [-0.05, 0) is 65.7 Å². The first-order valence-electron chi connectivity index (χ1n) is 15.6. The Balaban J connectivity index is 1.47. The van der Waals surface area contributed by atoms with Crippen LogP contribution in [0.25, 0.3) is 77.6 Å². The molecule has 0 fully saturated rings. The van der Waals surface area contributed by atoms with Crippen LogP contribution in [0.15, 0.2) is 115 Å². The molecule has 2 heterocycles. The van der Waals surface area contributed by atoms with Gasteiger partial charge in [-0.3, -0.25) is 0 Å². The molecule has 0 aliphatic carbocycles. The van der Waals surface area contributed by atoms with Gasteiger partial charge in [0.1, 0.15) is 0 Å². The number of para-hydroxylation sites is 1. The Morgan fingerprint density at radius 2 is 1.04 bits per heavy atom. The van der Waals surface area contributed by atoms with Gasteiger partial charge in [0.15, 0.2) is 17.5 Å². The van der Waals surface area contributed by atoms with Gasteiger partial charge in [-0.15, -0.1) is 0 Å². The zero-order chi connectivity index (χ0) is 35.2. The normalized spacial score (nSPS) is 11.0. The maximum Gasteiger partial charge on any atom is 0.194 e. The van der Waals surface area contributed by atoms with Gasteiger partial charge in [-0.1, -0.05) is 60.7 Å². The van der Waals surface area contributed by atoms with Crippen LogP contribution in [0.4, 0.5) is 13.2 Å². The molecule has 8 aromatic rings. The van der Waals surface area contributed by atoms with Gasteiger partial charge in [0.2, 0.25) is 0 Å². The molecule has 6 aromatic carbocycles. The number of pyridine rings is 1. The second kappa shape index (κ2) is 12.2. The minimum Gasteiger partial charge on any atom is -0.247 e. The third kappa shape index (κ3) is 5.25. The maximum atomic E-state index is 14.2. The summed E-state index contributed by atoms with van der Waals surface area (Å²) in [4.78, 5) is 15.3. The topological polar surface area (TPSA) is 110 Å². The summed E-state index contributed by atoms with van der Waals surface area (Å²) in [6.45, 7) is 0. The van der Waals surface area contributed by atoms with Gasteiger partial charge in [-0.25, -0.2) is 28.1 Å². The SMILES string of the molecule is N#Cc1ccc(-c2nc3cc(C#N)c4c(-c5cccc(-c6cc(F)c(F)c(F)c6)c5)nc5ccccc5c4c3nc2-c2ccc(C#N)cc2)cc1. The first-order valence-corrected chi connectivity index (χ1v) is 15.6. The molecule has 0 saturated heterocycles. The lowest BCUT2D eigenvalue weighted by atomic mass is 9.93. The first kappa shape index (κ1) is 30.9. The van der Waals surface area contributed by atoms with E-state index in [4.69, 9.17) is 15.0 Å². The van der Waals surface area contributed by atoms with Gasteiger partial charge < -0.3 is 0 Å². The molecule has 0 radical (unpaired) electrons. The molecule has 0 spiro atoms. The molecule has 0 unspecified atom stereocenters. The summed E-state index contributed by atoms with van der Waals surface area (Å²) in [5, 5.41) is 31.3. The van der Waals surface area contributed by atoms with Crippen molar-refractivity contribution in [3.63, 3.8) is 0 Å². The Morgan fingerprint density at radius 3 is 1.67 bits per heavy atom. The van der Waals surface area contributed by atoms with Crippen molar-refractivity contribution in [1.82, 2.24) is 15.0 Å². The van der Waals surface area contributed by atoms with Crippen LogP contribution in [0, 0.1) is 51.4 Å². The zero-order valence-corrected chi connectivity index (χ0v) is 26.3. The Hall–Kier alpha value is -7.41. The van der Waals surface area contributed by atoms with Crippen LogP contribution in [-0.2, 0) is 0 Å². The highest BCUT2D eigenvalue weighted by Gasteiger charge is 2.22. The lowest BCUT2D eigenvalue weighted by molar-refractivity contribution is 0.448. The van der Waals surface area contributed by atoms with Crippen molar-refractivity contribution in [2.24, 2.45) is 0 Å². The highest BCUT2D eigenvalue weighted by Crippen LogP contribution is 2.41. The first-order chi connectivity index (χ1) is 24.9. The van der Waals surface area contributed by atoms with Crippen molar-refractivity contribution >= 4 is 32.7 Å². The van der Waals surface area contributed by atoms with E-state index in [9.17, 15) is 29.0 Å². The lowest BCUT2D eigenvalue weighted by Crippen LogP contribution is -2.00. The lowest BCUT2D eigenvalue weighted by Gasteiger charge is -2.16. The summed E-state index contributed by atoms with van der Waals surface area (Å²) in [5.74, 6) is -4.16. The fourth-order valence-corrected chi connectivity index (χ4v) is 6.34. The molecule has 0 N–H and O–H groups in total. The van der Waals surface area contributed by atoms with Gasteiger partial charge in [-0.2, -0.15) is 15.8 Å². The minimum absolute atomic E-state index is 0.137. The number of rotatable bonds is 4. The van der Waals surface area contributed by atoms with E-state index in [1.54, 1.807) is 78.9 Å². The van der Waals surface area contributed by atoms with E-state index < -0.39 is 17.5 Å². The number of hydrogen-bond acceptors (Lipinski definition) is 6. The number of hydrogen-bond donors (Lipinski definition) is 0. The summed E-state index contributed by atoms with van der Waals surface area (Å²) in [5.41, 5.74) is 6.78. The van der Waals surface area contributed by atoms with Crippen LogP contribution in [0.5, 0.6) is 0 Å². The molecule has 0 amide bonds. The molecular formula is C42H19F3N6. The molecule has 0 bridgehead atoms. The van der Waals surface area contributed by atoms with Crippen molar-refractivity contribution < 1.29 is 13.2 Å². The van der Waals surface area contributed by atoms with Crippen molar-refractivity contribution in [3.05, 3.63) is 149 Å². The molecule has 9 heteroatoms. The predicted molar refractivity (Wildman–Crippen MR) is 188 cm³/mol. The highest BCUT2D eigenvalue weighted by atomic mass is 19.2. The minimum atomic E-state index is -1.55. The second-order valence-electron chi connectivity index (χ2n) is 11.8. The van der Waals surface area contributed by atoms with Gasteiger partial charge in [0.25, 0.3) is 0 Å². The summed E-state index contributed by atoms with van der Waals surface area (Å²) in [6, 6.07) is 38.4. The fourth-order valence-electron chi connectivity index (χ4n) is 6.34. The van der Waals surface area contributed by atoms with Crippen molar-refractivity contribution in [3.8, 4) is 63.1 Å². The molecule has 0 saturated carbocycles. The monoisotopic (exact) mass is 664 g/mol. The maximum absolute atomic E-state index is 14.2. The van der Waals surface area contributed by atoms with Crippen molar-refractivity contribution in [2.75, 3.05) is 0 Å². The zero-order valence-electron chi connectivity index (χ0n) is 26.3. The smallest absolute Gasteiger partial charge is 0.194 e. The molecule has 0 aliphatic heterocycles. The number of benzene rings is 6. The summed E-state index contributed by atoms with van der Waals surface area (Å²) in [7, 11) is 0. The molecule has 6 nitrogen and oxygen atoms in total. The Morgan fingerprint density at radius 1 is 0.451 bits per heavy atom. The van der Waals surface area contributed by atoms with Crippen LogP contribution in [-0.4, -0.2) is 15.0 Å². The molecule has 0 atom stereocenters. The quantitative estimate of drug-likeness (QED) is 0.137. The third-order valence-corrected chi connectivity index (χ3v) is 8.75. The second-order valence-corrected chi connectivity index (χ2v) is 11.8. The van der Waals surface area contributed by atoms with E-state index in [-0.39, 0.29) is 11.1 Å². The molecule has 2 aromatic heterocycles. The van der Waals surface area contributed by atoms with Crippen LogP contribution < -0.4 is 0 Å². The van der Waals surface area contributed by atoms with Crippen LogP contribution in [0.3, 0.4) is 0 Å². The molecule has 8 rings (SSSR count). The third-order valence-electron chi connectivity index (χ3n) is 8.75. The Kier molecular flexibility index (Phi) is 7.41. The van der Waals surface area contributed by atoms with Gasteiger partial charge in [0, 0.05) is 32.8 Å². The van der Waals surface area contributed by atoms with E-state index in [1.807, 2.05) is 24.3 Å². The van der Waals surface area contributed by atoms with Gasteiger partial charge in [0.05, 0.1) is 68.5 Å². The van der Waals surface area contributed by atoms with E-state index in [0.29, 0.717) is 77.8 Å². The standard InChI is InChI=1S/C42H19F3N6/c43-32-17-29(18-33(44)38(32)45)27-4-3-5-28(16-27)39-36-30(22-48)19-35-42(37(36)31-6-1-2-7-34(31)49-39)51-41(26-14-10-24(21-47)11-15-26)40(50-35)25-12-8-23(20-46)9-13-25/h1-19H. The van der Waals surface area contributed by atoms with Crippen LogP contribution in [0.1, 0.15) is 16.7 Å². The number of nitrogens with zero attached hydrogens (tertiary/aromatic N) is 6. The van der Waals surface area contributed by atoms with E-state index >= 15 is 0 Å². The van der Waals surface area contributed by atoms with Crippen molar-refractivity contribution in [2.45, 2.75) is 0 Å². The Bertz CT molecular complexity index is 2840. The summed E-state index contributed by atoms with van der Waals surface area (Å²) >= 11 is 0. The summed E-state index contributed by atoms with van der Waals surface area (Å²) < 4.78 is 42.3. The van der Waals surface area contributed by atoms with Crippen LogP contribution >= 0.6 is 0 Å².